The Morgan fingerprint density at radius 3 is 2.34 bits per heavy atom. The second kappa shape index (κ2) is 10.6. The quantitative estimate of drug-likeness (QED) is 0.242. The third-order valence-corrected chi connectivity index (χ3v) is 9.31. The number of ketones is 2. The highest BCUT2D eigenvalue weighted by Gasteiger charge is 2.63. The molecule has 1 heterocycles. The van der Waals surface area contributed by atoms with Gasteiger partial charge in [-0.3, -0.25) is 24.2 Å². The number of anilines is 1. The predicted molar refractivity (Wildman–Crippen MR) is 152 cm³/mol. The average Bonchev–Trinajstić information content (AvgIpc) is 2.91. The Labute approximate surface area is 251 Å². The standard InChI is InChI=1S/C30H35F3N4O7/c1-35(2)18-11-14(12-37-7-5-15(6-8-37)30(31,32)33)23(38)20-16(18)9-13-10-17-22(36(3)4)25(40)21(28(34)43)27(42)29(17,44)26(41)19(13)24(20)39/h5,11,13,17,22,38,40-41,44H,6-10,12H2,1-4H3,(H2,34,43)/t13-,17-,22-,29-/m0/s1. The number of aliphatic hydroxyl groups is 3. The van der Waals surface area contributed by atoms with Gasteiger partial charge in [-0.25, -0.2) is 0 Å². The molecule has 0 bridgehead atoms. The summed E-state index contributed by atoms with van der Waals surface area (Å²) in [4.78, 5) is 44.7. The van der Waals surface area contributed by atoms with Gasteiger partial charge in [0.05, 0.1) is 11.6 Å². The van der Waals surface area contributed by atoms with Crippen molar-refractivity contribution in [3.8, 4) is 5.75 Å². The topological polar surface area (TPSA) is 168 Å². The van der Waals surface area contributed by atoms with Crippen molar-refractivity contribution < 1.29 is 48.0 Å². The van der Waals surface area contributed by atoms with Crippen LogP contribution in [0.25, 0.3) is 0 Å². The van der Waals surface area contributed by atoms with Crippen LogP contribution in [0.4, 0.5) is 18.9 Å². The second-order valence-corrected chi connectivity index (χ2v) is 12.3. The zero-order valence-electron chi connectivity index (χ0n) is 24.7. The number of benzene rings is 1. The SMILES string of the molecule is CN(C)c1cc(CN2CC=C(C(F)(F)F)CC2)c(O)c2c1C[C@H]1C[C@H]3[C@H](N(C)C)C(O)=C(C(N)=O)C(=O)[C@@]3(O)C(O)=C1C2=O. The molecule has 44 heavy (non-hydrogen) atoms. The molecule has 0 fully saturated rings. The molecule has 1 aliphatic heterocycles. The highest BCUT2D eigenvalue weighted by Crippen LogP contribution is 2.53. The lowest BCUT2D eigenvalue weighted by Crippen LogP contribution is -2.63. The number of primary amides is 1. The maximum atomic E-state index is 14.1. The van der Waals surface area contributed by atoms with Gasteiger partial charge in [0.1, 0.15) is 22.8 Å². The number of rotatable bonds is 5. The van der Waals surface area contributed by atoms with Gasteiger partial charge < -0.3 is 31.1 Å². The number of phenols is 1. The first-order valence-corrected chi connectivity index (χ1v) is 14.1. The van der Waals surface area contributed by atoms with Crippen molar-refractivity contribution >= 4 is 23.2 Å². The van der Waals surface area contributed by atoms with Crippen LogP contribution in [-0.4, -0.2) is 107 Å². The number of halogens is 3. The van der Waals surface area contributed by atoms with Crippen molar-refractivity contribution in [2.75, 3.05) is 46.2 Å². The summed E-state index contributed by atoms with van der Waals surface area (Å²) in [5.41, 5.74) is 2.01. The molecule has 0 saturated carbocycles. The van der Waals surface area contributed by atoms with E-state index in [-0.39, 0.29) is 55.6 Å². The Bertz CT molecular complexity index is 1560. The van der Waals surface area contributed by atoms with E-state index in [1.165, 1.54) is 4.90 Å². The molecule has 14 heteroatoms. The lowest BCUT2D eigenvalue weighted by atomic mass is 9.58. The second-order valence-electron chi connectivity index (χ2n) is 12.3. The molecule has 1 aromatic rings. The summed E-state index contributed by atoms with van der Waals surface area (Å²) in [5, 5.41) is 45.6. The Hall–Kier alpha value is -3.88. The number of amides is 1. The Balaban J connectivity index is 1.61. The van der Waals surface area contributed by atoms with Gasteiger partial charge in [-0.1, -0.05) is 6.08 Å². The number of allylic oxidation sites excluding steroid dienone is 1. The van der Waals surface area contributed by atoms with Crippen LogP contribution in [0.15, 0.2) is 40.4 Å². The molecular formula is C30H35F3N4O7. The molecule has 5 rings (SSSR count). The Morgan fingerprint density at radius 2 is 1.82 bits per heavy atom. The molecule has 1 aromatic carbocycles. The van der Waals surface area contributed by atoms with E-state index in [1.54, 1.807) is 44.1 Å². The number of carbonyl (C=O) groups is 3. The number of fused-ring (bicyclic) bond motifs is 3. The Kier molecular flexibility index (Phi) is 7.62. The summed E-state index contributed by atoms with van der Waals surface area (Å²) in [6, 6.07) is 0.583. The minimum atomic E-state index is -4.42. The number of aliphatic hydroxyl groups excluding tert-OH is 2. The van der Waals surface area contributed by atoms with E-state index in [0.717, 1.165) is 6.08 Å². The number of likely N-dealkylation sites (N-methyl/N-ethyl adjacent to an activating group) is 1. The number of carbonyl (C=O) groups excluding carboxylic acids is 3. The van der Waals surface area contributed by atoms with Crippen LogP contribution < -0.4 is 10.6 Å². The minimum Gasteiger partial charge on any atom is -0.510 e. The highest BCUT2D eigenvalue weighted by molar-refractivity contribution is 6.25. The van der Waals surface area contributed by atoms with Crippen LogP contribution in [0.1, 0.15) is 34.3 Å². The van der Waals surface area contributed by atoms with Gasteiger partial charge in [0, 0.05) is 62.0 Å². The normalized spacial score (nSPS) is 27.7. The van der Waals surface area contributed by atoms with Crippen LogP contribution in [-0.2, 0) is 22.6 Å². The molecule has 6 N–H and O–H groups in total. The first kappa shape index (κ1) is 31.5. The number of hydrogen-bond acceptors (Lipinski definition) is 10. The molecule has 1 amide bonds. The van der Waals surface area contributed by atoms with E-state index in [9.17, 15) is 48.0 Å². The van der Waals surface area contributed by atoms with Gasteiger partial charge >= 0.3 is 6.18 Å². The summed E-state index contributed by atoms with van der Waals surface area (Å²) in [6.45, 7) is 0.0917. The molecule has 3 aliphatic carbocycles. The van der Waals surface area contributed by atoms with E-state index in [2.05, 4.69) is 0 Å². The van der Waals surface area contributed by atoms with Gasteiger partial charge in [0.15, 0.2) is 11.4 Å². The largest absolute Gasteiger partial charge is 0.510 e. The predicted octanol–water partition coefficient (Wildman–Crippen LogP) is 1.88. The zero-order valence-corrected chi connectivity index (χ0v) is 24.7. The van der Waals surface area contributed by atoms with E-state index in [1.807, 2.05) is 0 Å². The fraction of sp³-hybridized carbons (Fsp3) is 0.500. The summed E-state index contributed by atoms with van der Waals surface area (Å²) < 4.78 is 39.4. The molecule has 4 aliphatic rings. The van der Waals surface area contributed by atoms with Gasteiger partial charge in [-0.2, -0.15) is 13.2 Å². The monoisotopic (exact) mass is 620 g/mol. The van der Waals surface area contributed by atoms with Crippen LogP contribution in [0.5, 0.6) is 5.75 Å². The fourth-order valence-electron chi connectivity index (χ4n) is 7.23. The maximum absolute atomic E-state index is 14.1. The molecule has 0 unspecified atom stereocenters. The number of hydrogen-bond donors (Lipinski definition) is 5. The smallest absolute Gasteiger partial charge is 0.412 e. The Morgan fingerprint density at radius 1 is 1.16 bits per heavy atom. The van der Waals surface area contributed by atoms with Crippen molar-refractivity contribution in [3.63, 3.8) is 0 Å². The number of nitrogens with zero attached hydrogens (tertiary/aromatic N) is 3. The third kappa shape index (κ3) is 4.66. The molecule has 0 radical (unpaired) electrons. The third-order valence-electron chi connectivity index (χ3n) is 9.31. The van der Waals surface area contributed by atoms with Crippen molar-refractivity contribution in [2.45, 2.75) is 43.6 Å². The number of nitrogens with two attached hydrogens (primary N) is 1. The van der Waals surface area contributed by atoms with Crippen molar-refractivity contribution in [1.82, 2.24) is 9.80 Å². The van der Waals surface area contributed by atoms with Crippen molar-refractivity contribution in [3.05, 3.63) is 57.1 Å². The summed E-state index contributed by atoms with van der Waals surface area (Å²) in [7, 11) is 6.58. The number of Topliss-reactive ketones (excluding diaryl/α,β-unsaturated/α-hetero) is 2. The highest BCUT2D eigenvalue weighted by atomic mass is 19.4. The van der Waals surface area contributed by atoms with Gasteiger partial charge in [0.2, 0.25) is 5.78 Å². The summed E-state index contributed by atoms with van der Waals surface area (Å²) in [6.07, 6.45) is -3.46. The molecule has 0 spiro atoms. The number of phenolic OH excluding ortho intramolecular Hbond substituents is 1. The van der Waals surface area contributed by atoms with Gasteiger partial charge in [0.25, 0.3) is 5.91 Å². The first-order valence-electron chi connectivity index (χ1n) is 14.1. The van der Waals surface area contributed by atoms with E-state index in [0.29, 0.717) is 11.3 Å². The van der Waals surface area contributed by atoms with E-state index in [4.69, 9.17) is 5.73 Å². The fourth-order valence-corrected chi connectivity index (χ4v) is 7.23. The minimum absolute atomic E-state index is 0.0171. The maximum Gasteiger partial charge on any atom is 0.412 e. The van der Waals surface area contributed by atoms with Gasteiger partial charge in [-0.05, 0) is 50.9 Å². The van der Waals surface area contributed by atoms with Crippen molar-refractivity contribution in [2.24, 2.45) is 17.6 Å². The zero-order chi connectivity index (χ0) is 32.6. The lowest BCUT2D eigenvalue weighted by molar-refractivity contribution is -0.148. The van der Waals surface area contributed by atoms with Crippen LogP contribution in [0.2, 0.25) is 0 Å². The molecule has 11 nitrogen and oxygen atoms in total. The molecule has 4 atom stereocenters. The van der Waals surface area contributed by atoms with Gasteiger partial charge in [-0.15, -0.1) is 0 Å². The molecule has 238 valence electrons. The lowest BCUT2D eigenvalue weighted by Gasteiger charge is -2.50. The number of alkyl halides is 3. The average molecular weight is 621 g/mol. The molecular weight excluding hydrogens is 585 g/mol. The first-order chi connectivity index (χ1) is 20.4. The van der Waals surface area contributed by atoms with Crippen LogP contribution >= 0.6 is 0 Å². The van der Waals surface area contributed by atoms with E-state index >= 15 is 0 Å². The summed E-state index contributed by atoms with van der Waals surface area (Å²) in [5.74, 6) is -7.34. The summed E-state index contributed by atoms with van der Waals surface area (Å²) >= 11 is 0. The molecule has 0 saturated heterocycles. The van der Waals surface area contributed by atoms with Crippen molar-refractivity contribution in [1.29, 1.82) is 0 Å². The van der Waals surface area contributed by atoms with E-state index < -0.39 is 75.5 Å². The van der Waals surface area contributed by atoms with Crippen LogP contribution in [0.3, 0.4) is 0 Å². The molecule has 0 aromatic heterocycles. The van der Waals surface area contributed by atoms with Crippen LogP contribution in [0, 0.1) is 11.8 Å². The number of aromatic hydroxyl groups is 1.